The molecule has 0 heterocycles. The lowest BCUT2D eigenvalue weighted by Crippen LogP contribution is -2.12. The minimum Gasteiger partial charge on any atom is -0.496 e. The van der Waals surface area contributed by atoms with Crippen LogP contribution in [-0.2, 0) is 6.42 Å². The summed E-state index contributed by atoms with van der Waals surface area (Å²) in [7, 11) is 3.14. The van der Waals surface area contributed by atoms with Crippen LogP contribution < -0.4 is 14.8 Å². The summed E-state index contributed by atoms with van der Waals surface area (Å²) in [6, 6.07) is 10.4. The minimum atomic E-state index is -0.223. The normalized spacial score (nSPS) is 10.0. The number of allylic oxidation sites excluding steroid dienone is 1. The Morgan fingerprint density at radius 3 is 2.48 bits per heavy atom. The van der Waals surface area contributed by atoms with Crippen molar-refractivity contribution in [2.75, 3.05) is 19.5 Å². The molecular weight excluding hydrogens is 314 g/mol. The predicted molar refractivity (Wildman–Crippen MR) is 92.9 cm³/mol. The number of amides is 1. The van der Waals surface area contributed by atoms with Crippen molar-refractivity contribution in [3.8, 4) is 11.5 Å². The van der Waals surface area contributed by atoms with Gasteiger partial charge in [-0.25, -0.2) is 0 Å². The molecule has 4 nitrogen and oxygen atoms in total. The van der Waals surface area contributed by atoms with Gasteiger partial charge in [-0.05, 0) is 48.4 Å². The SMILES string of the molecule is C=CCc1cc(C(=O)Nc2ccc(OC)c(Cl)c2)ccc1OC. The zero-order valence-corrected chi connectivity index (χ0v) is 13.8. The minimum absolute atomic E-state index is 0.223. The fourth-order valence-electron chi connectivity index (χ4n) is 2.18. The molecule has 5 heteroatoms. The van der Waals surface area contributed by atoms with E-state index in [1.165, 1.54) is 7.11 Å². The van der Waals surface area contributed by atoms with Crippen molar-refractivity contribution in [3.63, 3.8) is 0 Å². The highest BCUT2D eigenvalue weighted by atomic mass is 35.5. The van der Waals surface area contributed by atoms with Crippen molar-refractivity contribution < 1.29 is 14.3 Å². The third kappa shape index (κ3) is 4.05. The van der Waals surface area contributed by atoms with Gasteiger partial charge in [0.25, 0.3) is 5.91 Å². The van der Waals surface area contributed by atoms with Crippen LogP contribution in [0.15, 0.2) is 49.1 Å². The molecule has 0 fully saturated rings. The first-order valence-corrected chi connectivity index (χ1v) is 7.39. The second kappa shape index (κ2) is 7.70. The van der Waals surface area contributed by atoms with E-state index in [0.29, 0.717) is 28.4 Å². The summed E-state index contributed by atoms with van der Waals surface area (Å²) in [5.74, 6) is 1.07. The molecule has 0 aromatic heterocycles. The molecular formula is C18H18ClNO3. The summed E-state index contributed by atoms with van der Waals surface area (Å²) in [6.07, 6.45) is 2.39. The van der Waals surface area contributed by atoms with Crippen LogP contribution in [0.25, 0.3) is 0 Å². The first-order chi connectivity index (χ1) is 11.1. The summed E-state index contributed by atoms with van der Waals surface area (Å²) in [6.45, 7) is 3.72. The molecule has 0 saturated heterocycles. The van der Waals surface area contributed by atoms with E-state index in [1.54, 1.807) is 49.6 Å². The van der Waals surface area contributed by atoms with Crippen LogP contribution in [0.5, 0.6) is 11.5 Å². The standard InChI is InChI=1S/C18H18ClNO3/c1-4-5-12-10-13(6-8-16(12)22-2)18(21)20-14-7-9-17(23-3)15(19)11-14/h4,6-11H,1,5H2,2-3H3,(H,20,21). The van der Waals surface area contributed by atoms with Gasteiger partial charge in [0.15, 0.2) is 0 Å². The molecule has 1 amide bonds. The Morgan fingerprint density at radius 1 is 1.17 bits per heavy atom. The zero-order valence-electron chi connectivity index (χ0n) is 13.1. The van der Waals surface area contributed by atoms with E-state index in [4.69, 9.17) is 21.1 Å². The number of halogens is 1. The second-order valence-corrected chi connectivity index (χ2v) is 5.23. The van der Waals surface area contributed by atoms with E-state index in [0.717, 1.165) is 11.3 Å². The van der Waals surface area contributed by atoms with Crippen LogP contribution in [0.3, 0.4) is 0 Å². The van der Waals surface area contributed by atoms with Crippen molar-refractivity contribution >= 4 is 23.2 Å². The van der Waals surface area contributed by atoms with Gasteiger partial charge in [-0.15, -0.1) is 6.58 Å². The van der Waals surface area contributed by atoms with Gasteiger partial charge >= 0.3 is 0 Å². The van der Waals surface area contributed by atoms with Crippen molar-refractivity contribution in [2.45, 2.75) is 6.42 Å². The van der Waals surface area contributed by atoms with E-state index in [9.17, 15) is 4.79 Å². The highest BCUT2D eigenvalue weighted by Gasteiger charge is 2.11. The van der Waals surface area contributed by atoms with Crippen LogP contribution in [0, 0.1) is 0 Å². The molecule has 0 aliphatic rings. The molecule has 2 rings (SSSR count). The van der Waals surface area contributed by atoms with E-state index < -0.39 is 0 Å². The van der Waals surface area contributed by atoms with Crippen LogP contribution in [-0.4, -0.2) is 20.1 Å². The molecule has 0 unspecified atom stereocenters. The topological polar surface area (TPSA) is 47.6 Å². The first-order valence-electron chi connectivity index (χ1n) is 7.01. The van der Waals surface area contributed by atoms with Gasteiger partial charge in [-0.2, -0.15) is 0 Å². The summed E-state index contributed by atoms with van der Waals surface area (Å²) in [4.78, 5) is 12.4. The number of anilines is 1. The van der Waals surface area contributed by atoms with Crippen molar-refractivity contribution in [1.82, 2.24) is 0 Å². The maximum Gasteiger partial charge on any atom is 0.255 e. The molecule has 0 atom stereocenters. The number of hydrogen-bond donors (Lipinski definition) is 1. The predicted octanol–water partition coefficient (Wildman–Crippen LogP) is 4.34. The largest absolute Gasteiger partial charge is 0.496 e. The van der Waals surface area contributed by atoms with Gasteiger partial charge in [-0.1, -0.05) is 17.7 Å². The molecule has 0 aliphatic heterocycles. The summed E-state index contributed by atoms with van der Waals surface area (Å²) >= 11 is 6.06. The Kier molecular flexibility index (Phi) is 5.66. The van der Waals surface area contributed by atoms with Crippen molar-refractivity contribution in [1.29, 1.82) is 0 Å². The van der Waals surface area contributed by atoms with E-state index in [1.807, 2.05) is 0 Å². The number of nitrogens with one attached hydrogen (secondary N) is 1. The third-order valence-corrected chi connectivity index (χ3v) is 3.61. The average Bonchev–Trinajstić information content (AvgIpc) is 2.55. The maximum atomic E-state index is 12.4. The molecule has 23 heavy (non-hydrogen) atoms. The van der Waals surface area contributed by atoms with Crippen molar-refractivity contribution in [3.05, 3.63) is 65.2 Å². The number of methoxy groups -OCH3 is 2. The van der Waals surface area contributed by atoms with Crippen molar-refractivity contribution in [2.24, 2.45) is 0 Å². The van der Waals surface area contributed by atoms with Crippen LogP contribution in [0.2, 0.25) is 5.02 Å². The number of ether oxygens (including phenoxy) is 2. The fourth-order valence-corrected chi connectivity index (χ4v) is 2.44. The molecule has 2 aromatic carbocycles. The Bertz CT molecular complexity index is 728. The molecule has 0 radical (unpaired) electrons. The Hall–Kier alpha value is -2.46. The van der Waals surface area contributed by atoms with Gasteiger partial charge in [-0.3, -0.25) is 4.79 Å². The van der Waals surface area contributed by atoms with Gasteiger partial charge in [0.1, 0.15) is 11.5 Å². The van der Waals surface area contributed by atoms with Crippen LogP contribution in [0.4, 0.5) is 5.69 Å². The third-order valence-electron chi connectivity index (χ3n) is 3.32. The molecule has 0 saturated carbocycles. The van der Waals surface area contributed by atoms with E-state index in [-0.39, 0.29) is 5.91 Å². The fraction of sp³-hybridized carbons (Fsp3) is 0.167. The Morgan fingerprint density at radius 2 is 1.87 bits per heavy atom. The highest BCUT2D eigenvalue weighted by Crippen LogP contribution is 2.28. The number of hydrogen-bond acceptors (Lipinski definition) is 3. The summed E-state index contributed by atoms with van der Waals surface area (Å²) in [5, 5.41) is 3.25. The number of rotatable bonds is 6. The molecule has 120 valence electrons. The smallest absolute Gasteiger partial charge is 0.255 e. The lowest BCUT2D eigenvalue weighted by atomic mass is 10.1. The van der Waals surface area contributed by atoms with Gasteiger partial charge in [0.2, 0.25) is 0 Å². The lowest BCUT2D eigenvalue weighted by molar-refractivity contribution is 0.102. The number of benzene rings is 2. The summed E-state index contributed by atoms with van der Waals surface area (Å²) < 4.78 is 10.4. The molecule has 0 spiro atoms. The highest BCUT2D eigenvalue weighted by molar-refractivity contribution is 6.32. The Labute approximate surface area is 140 Å². The number of carbonyl (C=O) groups excluding carboxylic acids is 1. The van der Waals surface area contributed by atoms with Crippen LogP contribution in [0.1, 0.15) is 15.9 Å². The monoisotopic (exact) mass is 331 g/mol. The Balaban J connectivity index is 2.21. The molecule has 0 aliphatic carbocycles. The molecule has 1 N–H and O–H groups in total. The van der Waals surface area contributed by atoms with Gasteiger partial charge in [0, 0.05) is 11.3 Å². The zero-order chi connectivity index (χ0) is 16.8. The quantitative estimate of drug-likeness (QED) is 0.801. The maximum absolute atomic E-state index is 12.4. The second-order valence-electron chi connectivity index (χ2n) is 4.82. The van der Waals surface area contributed by atoms with Gasteiger partial charge < -0.3 is 14.8 Å². The average molecular weight is 332 g/mol. The van der Waals surface area contributed by atoms with E-state index >= 15 is 0 Å². The molecule has 2 aromatic rings. The van der Waals surface area contributed by atoms with Crippen LogP contribution >= 0.6 is 11.6 Å². The van der Waals surface area contributed by atoms with Gasteiger partial charge in [0.05, 0.1) is 19.2 Å². The lowest BCUT2D eigenvalue weighted by Gasteiger charge is -2.11. The summed E-state index contributed by atoms with van der Waals surface area (Å²) in [5.41, 5.74) is 2.04. The van der Waals surface area contributed by atoms with E-state index in [2.05, 4.69) is 11.9 Å². The number of carbonyl (C=O) groups is 1. The first kappa shape index (κ1) is 16.9. The molecule has 0 bridgehead atoms.